The van der Waals surface area contributed by atoms with Crippen molar-refractivity contribution in [3.8, 4) is 5.88 Å². The molecule has 0 aromatic carbocycles. The van der Waals surface area contributed by atoms with Crippen molar-refractivity contribution in [2.75, 3.05) is 11.9 Å². The van der Waals surface area contributed by atoms with E-state index in [4.69, 9.17) is 4.74 Å². The van der Waals surface area contributed by atoms with Gasteiger partial charge in [-0.3, -0.25) is 0 Å². The Balaban J connectivity index is 2.46. The smallest absolute Gasteiger partial charge is 0.238 e. The molecule has 1 N–H and O–H groups in total. The van der Waals surface area contributed by atoms with E-state index < -0.39 is 0 Å². The second-order valence-electron chi connectivity index (χ2n) is 4.46. The Kier molecular flexibility index (Phi) is 1.91. The number of anilines is 1. The summed E-state index contributed by atoms with van der Waals surface area (Å²) in [5, 5.41) is 3.37. The van der Waals surface area contributed by atoms with Crippen LogP contribution in [-0.4, -0.2) is 17.1 Å². The highest BCUT2D eigenvalue weighted by Crippen LogP contribution is 2.34. The zero-order valence-electron chi connectivity index (χ0n) is 9.14. The van der Waals surface area contributed by atoms with Gasteiger partial charge in [0.15, 0.2) is 0 Å². The topological polar surface area (TPSA) is 34.2 Å². The average Bonchev–Trinajstić information content (AvgIpc) is 2.10. The molecule has 0 saturated carbocycles. The SMILES string of the molecule is Cc1cnc2c(c1C)NCC(C)(C)O2. The maximum absolute atomic E-state index is 5.78. The summed E-state index contributed by atoms with van der Waals surface area (Å²) < 4.78 is 5.78. The summed E-state index contributed by atoms with van der Waals surface area (Å²) >= 11 is 0. The Bertz CT molecular complexity index is 372. The number of nitrogens with zero attached hydrogens (tertiary/aromatic N) is 1. The number of ether oxygens (including phenoxy) is 1. The van der Waals surface area contributed by atoms with Gasteiger partial charge in [0.25, 0.3) is 0 Å². The molecule has 2 heterocycles. The summed E-state index contributed by atoms with van der Waals surface area (Å²) in [5.41, 5.74) is 3.30. The first-order chi connectivity index (χ1) is 6.49. The Morgan fingerprint density at radius 3 is 2.86 bits per heavy atom. The summed E-state index contributed by atoms with van der Waals surface area (Å²) in [6, 6.07) is 0. The van der Waals surface area contributed by atoms with E-state index in [2.05, 4.69) is 38.0 Å². The average molecular weight is 192 g/mol. The van der Waals surface area contributed by atoms with Crippen molar-refractivity contribution >= 4 is 5.69 Å². The van der Waals surface area contributed by atoms with Gasteiger partial charge in [-0.1, -0.05) is 0 Å². The summed E-state index contributed by atoms with van der Waals surface area (Å²) in [5.74, 6) is 0.726. The van der Waals surface area contributed by atoms with Crippen LogP contribution in [0.5, 0.6) is 5.88 Å². The molecule has 0 aliphatic carbocycles. The molecule has 2 rings (SSSR count). The molecule has 1 aromatic heterocycles. The first kappa shape index (κ1) is 9.31. The highest BCUT2D eigenvalue weighted by Gasteiger charge is 2.28. The highest BCUT2D eigenvalue weighted by atomic mass is 16.5. The molecule has 0 bridgehead atoms. The molecule has 0 unspecified atom stereocenters. The minimum Gasteiger partial charge on any atom is -0.468 e. The zero-order chi connectivity index (χ0) is 10.3. The minimum absolute atomic E-state index is 0.165. The zero-order valence-corrected chi connectivity index (χ0v) is 9.14. The third kappa shape index (κ3) is 1.43. The van der Waals surface area contributed by atoms with Crippen LogP contribution >= 0.6 is 0 Å². The van der Waals surface area contributed by atoms with Gasteiger partial charge in [-0.25, -0.2) is 4.98 Å². The largest absolute Gasteiger partial charge is 0.468 e. The van der Waals surface area contributed by atoms with E-state index in [1.807, 2.05) is 6.20 Å². The lowest BCUT2D eigenvalue weighted by Gasteiger charge is -2.33. The van der Waals surface area contributed by atoms with E-state index in [0.717, 1.165) is 18.1 Å². The Hall–Kier alpha value is -1.25. The van der Waals surface area contributed by atoms with Gasteiger partial charge in [-0.05, 0) is 38.8 Å². The third-order valence-corrected chi connectivity index (χ3v) is 2.62. The number of aryl methyl sites for hydroxylation is 1. The van der Waals surface area contributed by atoms with Crippen molar-refractivity contribution in [1.29, 1.82) is 0 Å². The Morgan fingerprint density at radius 2 is 2.14 bits per heavy atom. The molecule has 0 amide bonds. The first-order valence-electron chi connectivity index (χ1n) is 4.89. The maximum atomic E-state index is 5.78. The van der Waals surface area contributed by atoms with Crippen LogP contribution in [0.2, 0.25) is 0 Å². The van der Waals surface area contributed by atoms with Gasteiger partial charge in [0.1, 0.15) is 11.3 Å². The quantitative estimate of drug-likeness (QED) is 0.684. The molecule has 3 nitrogen and oxygen atoms in total. The summed E-state index contributed by atoms with van der Waals surface area (Å²) in [4.78, 5) is 4.29. The van der Waals surface area contributed by atoms with Gasteiger partial charge in [-0.15, -0.1) is 0 Å². The first-order valence-corrected chi connectivity index (χ1v) is 4.89. The summed E-state index contributed by atoms with van der Waals surface area (Å²) in [7, 11) is 0. The number of hydrogen-bond donors (Lipinski definition) is 1. The molecule has 1 aliphatic rings. The molecule has 0 radical (unpaired) electrons. The van der Waals surface area contributed by atoms with Crippen molar-refractivity contribution in [3.63, 3.8) is 0 Å². The highest BCUT2D eigenvalue weighted by molar-refractivity contribution is 5.62. The van der Waals surface area contributed by atoms with E-state index in [9.17, 15) is 0 Å². The van der Waals surface area contributed by atoms with E-state index in [1.165, 1.54) is 11.1 Å². The number of pyridine rings is 1. The van der Waals surface area contributed by atoms with Crippen LogP contribution < -0.4 is 10.1 Å². The van der Waals surface area contributed by atoms with Crippen LogP contribution in [0, 0.1) is 13.8 Å². The van der Waals surface area contributed by atoms with E-state index in [1.54, 1.807) is 0 Å². The van der Waals surface area contributed by atoms with Crippen molar-refractivity contribution in [3.05, 3.63) is 17.3 Å². The molecule has 14 heavy (non-hydrogen) atoms. The summed E-state index contributed by atoms with van der Waals surface area (Å²) in [6.07, 6.45) is 1.86. The van der Waals surface area contributed by atoms with Crippen LogP contribution in [0.3, 0.4) is 0 Å². The molecule has 0 atom stereocenters. The van der Waals surface area contributed by atoms with Gasteiger partial charge < -0.3 is 10.1 Å². The predicted molar refractivity (Wildman–Crippen MR) is 56.9 cm³/mol. The summed E-state index contributed by atoms with van der Waals surface area (Å²) in [6.45, 7) is 9.08. The fraction of sp³-hybridized carbons (Fsp3) is 0.545. The molecule has 0 fully saturated rings. The van der Waals surface area contributed by atoms with Crippen LogP contribution in [0.25, 0.3) is 0 Å². The lowest BCUT2D eigenvalue weighted by Crippen LogP contribution is -2.40. The fourth-order valence-electron chi connectivity index (χ4n) is 1.56. The molecule has 76 valence electrons. The van der Waals surface area contributed by atoms with Crippen molar-refractivity contribution in [1.82, 2.24) is 4.98 Å². The van der Waals surface area contributed by atoms with Crippen LogP contribution in [0.1, 0.15) is 25.0 Å². The number of hydrogen-bond acceptors (Lipinski definition) is 3. The monoisotopic (exact) mass is 192 g/mol. The lowest BCUT2D eigenvalue weighted by atomic mass is 10.1. The van der Waals surface area contributed by atoms with Crippen LogP contribution in [-0.2, 0) is 0 Å². The van der Waals surface area contributed by atoms with Crippen molar-refractivity contribution in [2.45, 2.75) is 33.3 Å². The van der Waals surface area contributed by atoms with Gasteiger partial charge in [0, 0.05) is 6.20 Å². The van der Waals surface area contributed by atoms with Crippen LogP contribution in [0.4, 0.5) is 5.69 Å². The molecule has 1 aromatic rings. The third-order valence-electron chi connectivity index (χ3n) is 2.62. The number of fused-ring (bicyclic) bond motifs is 1. The molecule has 0 saturated heterocycles. The Morgan fingerprint density at radius 1 is 1.43 bits per heavy atom. The fourth-order valence-corrected chi connectivity index (χ4v) is 1.56. The standard InChI is InChI=1S/C11H16N2O/c1-7-5-12-10-9(8(7)2)13-6-11(3,4)14-10/h5,13H,6H2,1-4H3. The Labute approximate surface area is 84.5 Å². The van der Waals surface area contributed by atoms with Gasteiger partial charge in [0.05, 0.1) is 6.54 Å². The number of nitrogens with one attached hydrogen (secondary N) is 1. The van der Waals surface area contributed by atoms with Crippen molar-refractivity contribution < 1.29 is 4.74 Å². The maximum Gasteiger partial charge on any atom is 0.238 e. The molecule has 3 heteroatoms. The van der Waals surface area contributed by atoms with Gasteiger partial charge >= 0.3 is 0 Å². The molecule has 1 aliphatic heterocycles. The van der Waals surface area contributed by atoms with E-state index in [0.29, 0.717) is 0 Å². The van der Waals surface area contributed by atoms with E-state index >= 15 is 0 Å². The van der Waals surface area contributed by atoms with E-state index in [-0.39, 0.29) is 5.60 Å². The normalized spacial score (nSPS) is 18.0. The minimum atomic E-state index is -0.165. The second-order valence-corrected chi connectivity index (χ2v) is 4.46. The second kappa shape index (κ2) is 2.87. The van der Waals surface area contributed by atoms with Gasteiger partial charge in [0.2, 0.25) is 5.88 Å². The predicted octanol–water partition coefficient (Wildman–Crippen LogP) is 2.28. The number of rotatable bonds is 0. The molecule has 0 spiro atoms. The van der Waals surface area contributed by atoms with Crippen LogP contribution in [0.15, 0.2) is 6.20 Å². The lowest BCUT2D eigenvalue weighted by molar-refractivity contribution is 0.109. The number of aromatic nitrogens is 1. The molecular formula is C11H16N2O. The molecular weight excluding hydrogens is 176 g/mol. The van der Waals surface area contributed by atoms with Gasteiger partial charge in [-0.2, -0.15) is 0 Å². The van der Waals surface area contributed by atoms with Crippen molar-refractivity contribution in [2.24, 2.45) is 0 Å².